The Bertz CT molecular complexity index is 858. The van der Waals surface area contributed by atoms with E-state index in [0.717, 1.165) is 49.4 Å². The van der Waals surface area contributed by atoms with E-state index in [-0.39, 0.29) is 11.8 Å². The van der Waals surface area contributed by atoms with Crippen molar-refractivity contribution < 1.29 is 9.59 Å². The van der Waals surface area contributed by atoms with E-state index in [2.05, 4.69) is 16.3 Å². The lowest BCUT2D eigenvalue weighted by atomic mass is 10.1. The smallest absolute Gasteiger partial charge is 0.255 e. The predicted molar refractivity (Wildman–Crippen MR) is 110 cm³/mol. The summed E-state index contributed by atoms with van der Waals surface area (Å²) in [6.07, 6.45) is 4.06. The highest BCUT2D eigenvalue weighted by atomic mass is 16.2. The van der Waals surface area contributed by atoms with Crippen molar-refractivity contribution in [2.75, 3.05) is 25.0 Å². The lowest BCUT2D eigenvalue weighted by Crippen LogP contribution is -2.24. The topological polar surface area (TPSA) is 52.7 Å². The van der Waals surface area contributed by atoms with Crippen LogP contribution in [0, 0.1) is 0 Å². The van der Waals surface area contributed by atoms with Crippen molar-refractivity contribution in [2.45, 2.75) is 38.8 Å². The third-order valence-electron chi connectivity index (χ3n) is 5.59. The number of carbonyl (C=O) groups excluding carboxylic acids is 2. The average molecular weight is 377 g/mol. The Labute approximate surface area is 166 Å². The van der Waals surface area contributed by atoms with Crippen molar-refractivity contribution in [3.05, 3.63) is 65.2 Å². The number of hydrogen-bond donors (Lipinski definition) is 1. The molecule has 2 fully saturated rings. The molecule has 0 saturated carbocycles. The number of nitrogens with zero attached hydrogens (tertiary/aromatic N) is 2. The summed E-state index contributed by atoms with van der Waals surface area (Å²) < 4.78 is 0. The molecule has 2 aromatic rings. The molecule has 28 heavy (non-hydrogen) atoms. The molecule has 2 aromatic carbocycles. The zero-order valence-electron chi connectivity index (χ0n) is 16.2. The average Bonchev–Trinajstić information content (AvgIpc) is 3.36. The van der Waals surface area contributed by atoms with Gasteiger partial charge in [-0.3, -0.25) is 14.5 Å². The van der Waals surface area contributed by atoms with Crippen LogP contribution in [0.3, 0.4) is 0 Å². The molecule has 2 aliphatic rings. The maximum Gasteiger partial charge on any atom is 0.255 e. The van der Waals surface area contributed by atoms with Crippen LogP contribution in [0.2, 0.25) is 0 Å². The molecular weight excluding hydrogens is 350 g/mol. The van der Waals surface area contributed by atoms with E-state index < -0.39 is 0 Å². The van der Waals surface area contributed by atoms with Crippen LogP contribution in [0.5, 0.6) is 0 Å². The molecule has 0 unspecified atom stereocenters. The summed E-state index contributed by atoms with van der Waals surface area (Å²) in [7, 11) is 0. The molecule has 5 heteroatoms. The quantitative estimate of drug-likeness (QED) is 0.836. The van der Waals surface area contributed by atoms with Gasteiger partial charge >= 0.3 is 0 Å². The molecule has 4 rings (SSSR count). The highest BCUT2D eigenvalue weighted by molar-refractivity contribution is 6.04. The summed E-state index contributed by atoms with van der Waals surface area (Å²) in [6, 6.07) is 15.6. The minimum absolute atomic E-state index is 0.108. The van der Waals surface area contributed by atoms with Gasteiger partial charge in [0.25, 0.3) is 5.91 Å². The molecule has 2 aliphatic heterocycles. The molecule has 0 atom stereocenters. The fraction of sp³-hybridized carbons (Fsp3) is 0.391. The van der Waals surface area contributed by atoms with Crippen molar-refractivity contribution in [3.63, 3.8) is 0 Å². The van der Waals surface area contributed by atoms with Gasteiger partial charge in [-0.2, -0.15) is 0 Å². The Morgan fingerprint density at radius 2 is 1.75 bits per heavy atom. The predicted octanol–water partition coefficient (Wildman–Crippen LogP) is 3.66. The highest BCUT2D eigenvalue weighted by Gasteiger charge is 2.20. The lowest BCUT2D eigenvalue weighted by Gasteiger charge is -2.18. The van der Waals surface area contributed by atoms with E-state index in [0.29, 0.717) is 18.5 Å². The van der Waals surface area contributed by atoms with Gasteiger partial charge in [-0.05, 0) is 61.7 Å². The first kappa shape index (κ1) is 18.7. The second-order valence-electron chi connectivity index (χ2n) is 7.71. The Morgan fingerprint density at radius 3 is 2.54 bits per heavy atom. The molecule has 2 amide bonds. The van der Waals surface area contributed by atoms with E-state index in [4.69, 9.17) is 0 Å². The number of rotatable bonds is 6. The zero-order valence-corrected chi connectivity index (χ0v) is 16.2. The Kier molecular flexibility index (Phi) is 5.72. The summed E-state index contributed by atoms with van der Waals surface area (Å²) >= 11 is 0. The van der Waals surface area contributed by atoms with Gasteiger partial charge in [0.2, 0.25) is 5.91 Å². The summed E-state index contributed by atoms with van der Waals surface area (Å²) in [6.45, 7) is 4.50. The number of nitrogens with one attached hydrogen (secondary N) is 1. The van der Waals surface area contributed by atoms with Gasteiger partial charge in [-0.15, -0.1) is 0 Å². The molecule has 0 bridgehead atoms. The second-order valence-corrected chi connectivity index (χ2v) is 7.71. The number of hydrogen-bond acceptors (Lipinski definition) is 3. The number of carbonyl (C=O) groups is 2. The van der Waals surface area contributed by atoms with Crippen molar-refractivity contribution >= 4 is 17.5 Å². The van der Waals surface area contributed by atoms with E-state index in [1.807, 2.05) is 47.4 Å². The van der Waals surface area contributed by atoms with E-state index in [9.17, 15) is 9.59 Å². The molecule has 146 valence electrons. The zero-order chi connectivity index (χ0) is 19.3. The number of likely N-dealkylation sites (tertiary alicyclic amines) is 2. The monoisotopic (exact) mass is 377 g/mol. The first-order chi connectivity index (χ1) is 13.7. The van der Waals surface area contributed by atoms with Gasteiger partial charge in [0.1, 0.15) is 0 Å². The van der Waals surface area contributed by atoms with E-state index in [1.165, 1.54) is 12.8 Å². The van der Waals surface area contributed by atoms with Crippen LogP contribution in [0.25, 0.3) is 0 Å². The number of benzene rings is 2. The van der Waals surface area contributed by atoms with Crippen molar-refractivity contribution in [1.29, 1.82) is 0 Å². The highest BCUT2D eigenvalue weighted by Crippen LogP contribution is 2.21. The normalized spacial score (nSPS) is 17.3. The van der Waals surface area contributed by atoms with Crippen LogP contribution < -0.4 is 5.32 Å². The number of para-hydroxylation sites is 1. The maximum atomic E-state index is 12.9. The van der Waals surface area contributed by atoms with Crippen molar-refractivity contribution in [1.82, 2.24) is 9.80 Å². The summed E-state index contributed by atoms with van der Waals surface area (Å²) in [5.74, 6) is 0.0918. The summed E-state index contributed by atoms with van der Waals surface area (Å²) in [4.78, 5) is 29.0. The standard InChI is InChI=1S/C23H27N3O2/c27-22-11-6-14-26(22)16-18-7-5-9-19(15-18)23(28)24-21-10-2-1-8-20(21)17-25-12-3-4-13-25/h1-2,5,7-10,15H,3-4,6,11-14,16-17H2,(H,24,28). The number of amides is 2. The largest absolute Gasteiger partial charge is 0.338 e. The fourth-order valence-electron chi connectivity index (χ4n) is 4.06. The molecule has 2 saturated heterocycles. The first-order valence-electron chi connectivity index (χ1n) is 10.2. The van der Waals surface area contributed by atoms with Gasteiger partial charge < -0.3 is 10.2 Å². The van der Waals surface area contributed by atoms with Crippen LogP contribution in [0.4, 0.5) is 5.69 Å². The van der Waals surface area contributed by atoms with Gasteiger partial charge in [-0.25, -0.2) is 0 Å². The molecule has 0 spiro atoms. The Balaban J connectivity index is 1.45. The SMILES string of the molecule is O=C(Nc1ccccc1CN1CCCC1)c1cccc(CN2CCCC2=O)c1. The molecule has 0 aliphatic carbocycles. The molecular formula is C23H27N3O2. The molecule has 1 N–H and O–H groups in total. The van der Waals surface area contributed by atoms with Gasteiger partial charge in [0.05, 0.1) is 0 Å². The third-order valence-corrected chi connectivity index (χ3v) is 5.59. The van der Waals surface area contributed by atoms with Crippen LogP contribution in [0.15, 0.2) is 48.5 Å². The molecule has 0 radical (unpaired) electrons. The van der Waals surface area contributed by atoms with Gasteiger partial charge in [-0.1, -0.05) is 30.3 Å². The second kappa shape index (κ2) is 8.57. The van der Waals surface area contributed by atoms with Crippen LogP contribution in [-0.2, 0) is 17.9 Å². The van der Waals surface area contributed by atoms with Crippen molar-refractivity contribution in [2.24, 2.45) is 0 Å². The van der Waals surface area contributed by atoms with Crippen LogP contribution in [-0.4, -0.2) is 41.2 Å². The minimum Gasteiger partial charge on any atom is -0.338 e. The van der Waals surface area contributed by atoms with Crippen molar-refractivity contribution in [3.8, 4) is 0 Å². The minimum atomic E-state index is -0.108. The van der Waals surface area contributed by atoms with Gasteiger partial charge in [0.15, 0.2) is 0 Å². The van der Waals surface area contributed by atoms with E-state index >= 15 is 0 Å². The van der Waals surface area contributed by atoms with Crippen LogP contribution in [0.1, 0.15) is 47.2 Å². The van der Waals surface area contributed by atoms with Gasteiger partial charge in [0, 0.05) is 37.3 Å². The Morgan fingerprint density at radius 1 is 0.929 bits per heavy atom. The molecule has 2 heterocycles. The maximum absolute atomic E-state index is 12.9. The number of anilines is 1. The van der Waals surface area contributed by atoms with E-state index in [1.54, 1.807) is 0 Å². The first-order valence-corrected chi connectivity index (χ1v) is 10.2. The third kappa shape index (κ3) is 4.42. The molecule has 5 nitrogen and oxygen atoms in total. The lowest BCUT2D eigenvalue weighted by molar-refractivity contribution is -0.128. The molecule has 0 aromatic heterocycles. The Hall–Kier alpha value is -2.66. The van der Waals surface area contributed by atoms with Crippen LogP contribution >= 0.6 is 0 Å². The summed E-state index contributed by atoms with van der Waals surface area (Å²) in [5.41, 5.74) is 3.64. The fourth-order valence-corrected chi connectivity index (χ4v) is 4.06. The summed E-state index contributed by atoms with van der Waals surface area (Å²) in [5, 5.41) is 3.08.